The first-order valence-electron chi connectivity index (χ1n) is 7.06. The molecule has 0 aliphatic carbocycles. The number of benzene rings is 2. The van der Waals surface area contributed by atoms with Crippen LogP contribution >= 0.6 is 0 Å². The fraction of sp³-hybridized carbons (Fsp3) is 0.278. The van der Waals surface area contributed by atoms with Gasteiger partial charge in [0.05, 0.1) is 0 Å². The van der Waals surface area contributed by atoms with Crippen LogP contribution in [0.4, 0.5) is 0 Å². The average molecular weight is 266 g/mol. The van der Waals surface area contributed by atoms with Gasteiger partial charge in [-0.05, 0) is 35.6 Å². The molecule has 0 saturated heterocycles. The van der Waals surface area contributed by atoms with E-state index >= 15 is 0 Å². The molecule has 20 heavy (non-hydrogen) atoms. The van der Waals surface area contributed by atoms with E-state index in [2.05, 4.69) is 61.6 Å². The number of nitrogens with zero attached hydrogens (tertiary/aromatic N) is 1. The molecule has 0 aromatic heterocycles. The van der Waals surface area contributed by atoms with Crippen LogP contribution in [0.2, 0.25) is 0 Å². The van der Waals surface area contributed by atoms with Gasteiger partial charge in [-0.3, -0.25) is 0 Å². The van der Waals surface area contributed by atoms with Crippen molar-refractivity contribution in [3.8, 4) is 0 Å². The van der Waals surface area contributed by atoms with Gasteiger partial charge in [0.1, 0.15) is 12.8 Å². The largest absolute Gasteiger partial charge is 0.390 e. The molecule has 0 aliphatic heterocycles. The highest BCUT2D eigenvalue weighted by Crippen LogP contribution is 2.07. The van der Waals surface area contributed by atoms with E-state index in [1.165, 1.54) is 11.1 Å². The van der Waals surface area contributed by atoms with E-state index < -0.39 is 0 Å². The van der Waals surface area contributed by atoms with Gasteiger partial charge in [0.2, 0.25) is 0 Å². The van der Waals surface area contributed by atoms with E-state index in [0.29, 0.717) is 6.61 Å². The fourth-order valence-corrected chi connectivity index (χ4v) is 1.92. The Morgan fingerprint density at radius 1 is 0.900 bits per heavy atom. The number of aryl methyl sites for hydroxylation is 2. The summed E-state index contributed by atoms with van der Waals surface area (Å²) < 4.78 is 0. The Balaban J connectivity index is 1.86. The van der Waals surface area contributed by atoms with Crippen LogP contribution in [0, 0.1) is 0 Å². The summed E-state index contributed by atoms with van der Waals surface area (Å²) in [7, 11) is 0. The molecule has 0 N–H and O–H groups in total. The van der Waals surface area contributed by atoms with Crippen molar-refractivity contribution in [2.24, 2.45) is 5.16 Å². The highest BCUT2D eigenvalue weighted by Gasteiger charge is 1.95. The van der Waals surface area contributed by atoms with Gasteiger partial charge in [0, 0.05) is 5.56 Å². The zero-order valence-corrected chi connectivity index (χ0v) is 12.1. The topological polar surface area (TPSA) is 21.6 Å². The maximum absolute atomic E-state index is 5.28. The third-order valence-corrected chi connectivity index (χ3v) is 3.24. The SMILES string of the molecule is CCc1ccc(CO/N=[C]\c2cccc(CC)c2)cc1. The van der Waals surface area contributed by atoms with Crippen molar-refractivity contribution in [2.45, 2.75) is 33.3 Å². The van der Waals surface area contributed by atoms with Gasteiger partial charge in [-0.2, -0.15) is 0 Å². The molecule has 2 rings (SSSR count). The molecule has 0 heterocycles. The monoisotopic (exact) mass is 266 g/mol. The second-order valence-corrected chi connectivity index (χ2v) is 4.70. The molecule has 2 aromatic rings. The predicted molar refractivity (Wildman–Crippen MR) is 83.0 cm³/mol. The molecule has 2 heteroatoms. The maximum Gasteiger partial charge on any atom is 0.142 e. The minimum absolute atomic E-state index is 0.477. The molecule has 0 fully saturated rings. The maximum atomic E-state index is 5.28. The van der Waals surface area contributed by atoms with Gasteiger partial charge >= 0.3 is 0 Å². The fourth-order valence-electron chi connectivity index (χ4n) is 1.92. The van der Waals surface area contributed by atoms with Crippen LogP contribution in [0.5, 0.6) is 0 Å². The summed E-state index contributed by atoms with van der Waals surface area (Å²) in [6.07, 6.45) is 4.99. The summed E-state index contributed by atoms with van der Waals surface area (Å²) in [5.74, 6) is 0. The van der Waals surface area contributed by atoms with Crippen LogP contribution in [0.3, 0.4) is 0 Å². The van der Waals surface area contributed by atoms with Crippen molar-refractivity contribution >= 4 is 6.21 Å². The third kappa shape index (κ3) is 4.23. The van der Waals surface area contributed by atoms with Crippen LogP contribution < -0.4 is 0 Å². The Hall–Kier alpha value is -2.09. The summed E-state index contributed by atoms with van der Waals surface area (Å²) in [6.45, 7) is 4.76. The first-order valence-corrected chi connectivity index (χ1v) is 7.06. The second-order valence-electron chi connectivity index (χ2n) is 4.70. The number of hydrogen-bond donors (Lipinski definition) is 0. The Labute approximate surface area is 121 Å². The molecule has 0 saturated carbocycles. The van der Waals surface area contributed by atoms with E-state index in [1.807, 2.05) is 12.1 Å². The quantitative estimate of drug-likeness (QED) is 0.566. The minimum atomic E-state index is 0.477. The molecule has 0 unspecified atom stereocenters. The zero-order chi connectivity index (χ0) is 14.2. The van der Waals surface area contributed by atoms with Gasteiger partial charge in [0.15, 0.2) is 0 Å². The van der Waals surface area contributed by atoms with Gasteiger partial charge in [-0.1, -0.05) is 61.5 Å². The van der Waals surface area contributed by atoms with Gasteiger partial charge < -0.3 is 4.84 Å². The molecular weight excluding hydrogens is 246 g/mol. The summed E-state index contributed by atoms with van der Waals surface area (Å²) in [6, 6.07) is 16.6. The van der Waals surface area contributed by atoms with E-state index in [4.69, 9.17) is 4.84 Å². The molecule has 0 atom stereocenters. The van der Waals surface area contributed by atoms with Crippen molar-refractivity contribution in [2.75, 3.05) is 0 Å². The molecule has 1 radical (unpaired) electrons. The van der Waals surface area contributed by atoms with Crippen molar-refractivity contribution in [3.05, 3.63) is 70.8 Å². The standard InChI is InChI=1S/C18H20NO/c1-3-15-8-10-17(11-9-15)14-20-19-13-18-7-5-6-16(4-2)12-18/h5-12H,3-4,14H2,1-2H3. The number of hydrogen-bond acceptors (Lipinski definition) is 2. The summed E-state index contributed by atoms with van der Waals surface area (Å²) in [4.78, 5) is 5.28. The lowest BCUT2D eigenvalue weighted by Gasteiger charge is -2.01. The van der Waals surface area contributed by atoms with Crippen molar-refractivity contribution in [1.82, 2.24) is 0 Å². The first kappa shape index (κ1) is 14.3. The Morgan fingerprint density at radius 2 is 1.60 bits per heavy atom. The molecule has 2 nitrogen and oxygen atoms in total. The first-order chi connectivity index (χ1) is 9.81. The molecule has 103 valence electrons. The van der Waals surface area contributed by atoms with Crippen molar-refractivity contribution in [3.63, 3.8) is 0 Å². The lowest BCUT2D eigenvalue weighted by atomic mass is 10.1. The third-order valence-electron chi connectivity index (χ3n) is 3.24. The zero-order valence-electron chi connectivity index (χ0n) is 12.1. The molecule has 0 aliphatic rings. The highest BCUT2D eigenvalue weighted by atomic mass is 16.6. The molecular formula is C18H20NO. The smallest absolute Gasteiger partial charge is 0.142 e. The van der Waals surface area contributed by atoms with Crippen LogP contribution in [-0.2, 0) is 24.3 Å². The Bertz CT molecular complexity index is 558. The minimum Gasteiger partial charge on any atom is -0.390 e. The van der Waals surface area contributed by atoms with E-state index in [1.54, 1.807) is 0 Å². The van der Waals surface area contributed by atoms with E-state index in [-0.39, 0.29) is 0 Å². The van der Waals surface area contributed by atoms with Gasteiger partial charge in [-0.25, -0.2) is 0 Å². The van der Waals surface area contributed by atoms with Crippen LogP contribution in [-0.4, -0.2) is 6.21 Å². The summed E-state index contributed by atoms with van der Waals surface area (Å²) >= 11 is 0. The van der Waals surface area contributed by atoms with Crippen LogP contribution in [0.15, 0.2) is 53.7 Å². The normalized spacial score (nSPS) is 10.9. The molecule has 0 bridgehead atoms. The number of rotatable bonds is 6. The predicted octanol–water partition coefficient (Wildman–Crippen LogP) is 4.24. The lowest BCUT2D eigenvalue weighted by Crippen LogP contribution is -1.90. The van der Waals surface area contributed by atoms with E-state index in [9.17, 15) is 0 Å². The molecule has 2 aromatic carbocycles. The molecule has 0 amide bonds. The second kappa shape index (κ2) is 7.49. The van der Waals surface area contributed by atoms with Gasteiger partial charge in [-0.15, -0.1) is 0 Å². The molecule has 0 spiro atoms. The van der Waals surface area contributed by atoms with E-state index in [0.717, 1.165) is 24.0 Å². The Morgan fingerprint density at radius 3 is 2.30 bits per heavy atom. The van der Waals surface area contributed by atoms with Crippen molar-refractivity contribution in [1.29, 1.82) is 0 Å². The highest BCUT2D eigenvalue weighted by molar-refractivity contribution is 5.79. The summed E-state index contributed by atoms with van der Waals surface area (Å²) in [5, 5.41) is 3.90. The Kier molecular flexibility index (Phi) is 5.36. The summed E-state index contributed by atoms with van der Waals surface area (Å²) in [5.41, 5.74) is 4.68. The van der Waals surface area contributed by atoms with Crippen molar-refractivity contribution < 1.29 is 4.84 Å². The lowest BCUT2D eigenvalue weighted by molar-refractivity contribution is 0.132. The van der Waals surface area contributed by atoms with Crippen LogP contribution in [0.1, 0.15) is 36.1 Å². The van der Waals surface area contributed by atoms with Gasteiger partial charge in [0.25, 0.3) is 0 Å². The van der Waals surface area contributed by atoms with Crippen LogP contribution in [0.25, 0.3) is 0 Å². The average Bonchev–Trinajstić information content (AvgIpc) is 2.52.